The Morgan fingerprint density at radius 1 is 1.15 bits per heavy atom. The van der Waals surface area contributed by atoms with E-state index in [1.165, 1.54) is 24.6 Å². The number of nitrogens with zero attached hydrogens (tertiary/aromatic N) is 4. The first-order valence-corrected chi connectivity index (χ1v) is 10.6. The predicted octanol–water partition coefficient (Wildman–Crippen LogP) is 2.25. The number of carbonyl (C=O) groups excluding carboxylic acids is 1. The summed E-state index contributed by atoms with van der Waals surface area (Å²) in [6, 6.07) is 10.4. The second-order valence-electron chi connectivity index (χ2n) is 6.89. The van der Waals surface area contributed by atoms with Gasteiger partial charge in [-0.1, -0.05) is 42.8 Å². The number of thioether (sulfide) groups is 1. The Morgan fingerprint density at radius 2 is 1.89 bits per heavy atom. The van der Waals surface area contributed by atoms with Crippen LogP contribution in [0.3, 0.4) is 0 Å². The molecule has 1 aromatic carbocycles. The molecule has 27 heavy (non-hydrogen) atoms. The van der Waals surface area contributed by atoms with E-state index in [0.29, 0.717) is 25.0 Å². The molecule has 4 rings (SSSR count). The van der Waals surface area contributed by atoms with Gasteiger partial charge in [-0.25, -0.2) is 0 Å². The van der Waals surface area contributed by atoms with Crippen molar-refractivity contribution in [3.8, 4) is 5.69 Å². The summed E-state index contributed by atoms with van der Waals surface area (Å²) >= 11 is 1.44. The van der Waals surface area contributed by atoms with Gasteiger partial charge in [-0.3, -0.25) is 9.36 Å². The number of carbonyl (C=O) groups is 1. The third kappa shape index (κ3) is 4.44. The number of benzene rings is 1. The van der Waals surface area contributed by atoms with Crippen molar-refractivity contribution in [2.24, 2.45) is 0 Å². The molecule has 1 N–H and O–H groups in total. The Hall–Kier alpha value is -2.06. The van der Waals surface area contributed by atoms with E-state index >= 15 is 0 Å². The minimum Gasteiger partial charge on any atom is -0.378 e. The second kappa shape index (κ2) is 8.75. The standard InChI is InChI=1S/C19H25N5O2S/c25-17(20-15-6-4-5-7-15)14-27-19-22-21-18(23-10-12-26-13-11-23)24(19)16-8-2-1-3-9-16/h1-3,8-9,15H,4-7,10-14H2,(H,20,25). The topological polar surface area (TPSA) is 72.3 Å². The first-order valence-electron chi connectivity index (χ1n) is 9.57. The zero-order chi connectivity index (χ0) is 18.5. The molecule has 2 aliphatic rings. The minimum absolute atomic E-state index is 0.0717. The number of anilines is 1. The molecule has 0 bridgehead atoms. The molecule has 0 unspecified atom stereocenters. The van der Waals surface area contributed by atoms with Crippen molar-refractivity contribution in [2.45, 2.75) is 36.9 Å². The smallest absolute Gasteiger partial charge is 0.232 e. The molecule has 144 valence electrons. The molecular formula is C19H25N5O2S. The van der Waals surface area contributed by atoms with E-state index in [-0.39, 0.29) is 5.91 Å². The van der Waals surface area contributed by atoms with E-state index in [1.54, 1.807) is 0 Å². The SMILES string of the molecule is O=C(CSc1nnc(N2CCOCC2)n1-c1ccccc1)NC1CCCC1. The van der Waals surface area contributed by atoms with Crippen LogP contribution in [-0.2, 0) is 9.53 Å². The van der Waals surface area contributed by atoms with Crippen LogP contribution in [-0.4, -0.2) is 58.8 Å². The van der Waals surface area contributed by atoms with Gasteiger partial charge in [-0.05, 0) is 25.0 Å². The van der Waals surface area contributed by atoms with Gasteiger partial charge in [0.2, 0.25) is 11.9 Å². The number of ether oxygens (including phenoxy) is 1. The van der Waals surface area contributed by atoms with Crippen LogP contribution in [0, 0.1) is 0 Å². The third-order valence-electron chi connectivity index (χ3n) is 4.98. The molecule has 2 heterocycles. The number of hydrogen-bond donors (Lipinski definition) is 1. The number of rotatable bonds is 6. The zero-order valence-electron chi connectivity index (χ0n) is 15.3. The van der Waals surface area contributed by atoms with E-state index in [0.717, 1.165) is 42.7 Å². The zero-order valence-corrected chi connectivity index (χ0v) is 16.2. The van der Waals surface area contributed by atoms with E-state index in [1.807, 2.05) is 34.9 Å². The molecule has 1 amide bonds. The molecule has 0 atom stereocenters. The highest BCUT2D eigenvalue weighted by molar-refractivity contribution is 7.99. The van der Waals surface area contributed by atoms with E-state index < -0.39 is 0 Å². The fraction of sp³-hybridized carbons (Fsp3) is 0.526. The van der Waals surface area contributed by atoms with Crippen molar-refractivity contribution < 1.29 is 9.53 Å². The highest BCUT2D eigenvalue weighted by Gasteiger charge is 2.23. The second-order valence-corrected chi connectivity index (χ2v) is 7.83. The van der Waals surface area contributed by atoms with Crippen LogP contribution in [0.25, 0.3) is 5.69 Å². The normalized spacial score (nSPS) is 18.0. The van der Waals surface area contributed by atoms with Crippen LogP contribution in [0.5, 0.6) is 0 Å². The first-order chi connectivity index (χ1) is 13.3. The molecule has 2 aromatic rings. The largest absolute Gasteiger partial charge is 0.378 e. The van der Waals surface area contributed by atoms with Gasteiger partial charge < -0.3 is 15.0 Å². The highest BCUT2D eigenvalue weighted by Crippen LogP contribution is 2.27. The van der Waals surface area contributed by atoms with E-state index in [9.17, 15) is 4.79 Å². The summed E-state index contributed by atoms with van der Waals surface area (Å²) in [4.78, 5) is 14.5. The lowest BCUT2D eigenvalue weighted by Crippen LogP contribution is -2.38. The van der Waals surface area contributed by atoms with Crippen molar-refractivity contribution >= 4 is 23.6 Å². The maximum atomic E-state index is 12.3. The van der Waals surface area contributed by atoms with Crippen LogP contribution in [0.2, 0.25) is 0 Å². The lowest BCUT2D eigenvalue weighted by Gasteiger charge is -2.27. The number of aromatic nitrogens is 3. The van der Waals surface area contributed by atoms with Crippen molar-refractivity contribution in [3.63, 3.8) is 0 Å². The molecule has 2 fully saturated rings. The summed E-state index contributed by atoms with van der Waals surface area (Å²) in [6.07, 6.45) is 4.61. The monoisotopic (exact) mass is 387 g/mol. The van der Waals surface area contributed by atoms with E-state index in [4.69, 9.17) is 4.74 Å². The Morgan fingerprint density at radius 3 is 2.63 bits per heavy atom. The third-order valence-corrected chi connectivity index (χ3v) is 5.91. The summed E-state index contributed by atoms with van der Waals surface area (Å²) in [6.45, 7) is 2.96. The molecule has 0 spiro atoms. The predicted molar refractivity (Wildman–Crippen MR) is 106 cm³/mol. The fourth-order valence-electron chi connectivity index (χ4n) is 3.60. The molecule has 1 saturated carbocycles. The lowest BCUT2D eigenvalue weighted by molar-refractivity contribution is -0.119. The Kier molecular flexibility index (Phi) is 5.94. The Labute approximate surface area is 163 Å². The minimum atomic E-state index is 0.0717. The molecule has 1 aliphatic carbocycles. The van der Waals surface area contributed by atoms with Gasteiger partial charge >= 0.3 is 0 Å². The van der Waals surface area contributed by atoms with Crippen molar-refractivity contribution in [2.75, 3.05) is 37.0 Å². The quantitative estimate of drug-likeness (QED) is 0.767. The number of amides is 1. The van der Waals surface area contributed by atoms with E-state index in [2.05, 4.69) is 20.4 Å². The lowest BCUT2D eigenvalue weighted by atomic mass is 10.2. The van der Waals surface area contributed by atoms with Crippen LogP contribution in [0.15, 0.2) is 35.5 Å². The van der Waals surface area contributed by atoms with Crippen LogP contribution >= 0.6 is 11.8 Å². The van der Waals surface area contributed by atoms with Crippen LogP contribution in [0.4, 0.5) is 5.95 Å². The summed E-state index contributed by atoms with van der Waals surface area (Å²) in [7, 11) is 0. The van der Waals surface area contributed by atoms with Gasteiger partial charge in [0.15, 0.2) is 5.16 Å². The van der Waals surface area contributed by atoms with Gasteiger partial charge in [-0.2, -0.15) is 0 Å². The molecule has 0 radical (unpaired) electrons. The fourth-order valence-corrected chi connectivity index (χ4v) is 4.35. The average Bonchev–Trinajstić information content (AvgIpc) is 3.37. The molecule has 1 saturated heterocycles. The molecule has 8 heteroatoms. The van der Waals surface area contributed by atoms with Gasteiger partial charge in [0.05, 0.1) is 24.7 Å². The molecule has 7 nitrogen and oxygen atoms in total. The van der Waals surface area contributed by atoms with Crippen molar-refractivity contribution in [1.82, 2.24) is 20.1 Å². The molecule has 1 aromatic heterocycles. The summed E-state index contributed by atoms with van der Waals surface area (Å²) in [5, 5.41) is 12.7. The summed E-state index contributed by atoms with van der Waals surface area (Å²) in [5.41, 5.74) is 1.00. The van der Waals surface area contributed by atoms with Gasteiger partial charge in [0, 0.05) is 19.1 Å². The number of nitrogens with one attached hydrogen (secondary N) is 1. The van der Waals surface area contributed by atoms with Gasteiger partial charge in [0.1, 0.15) is 0 Å². The van der Waals surface area contributed by atoms with Crippen molar-refractivity contribution in [1.29, 1.82) is 0 Å². The average molecular weight is 388 g/mol. The summed E-state index contributed by atoms with van der Waals surface area (Å²) < 4.78 is 7.50. The maximum Gasteiger partial charge on any atom is 0.232 e. The first kappa shape index (κ1) is 18.3. The van der Waals surface area contributed by atoms with Crippen molar-refractivity contribution in [3.05, 3.63) is 30.3 Å². The Bertz CT molecular complexity index is 755. The van der Waals surface area contributed by atoms with Gasteiger partial charge in [-0.15, -0.1) is 10.2 Å². The van der Waals surface area contributed by atoms with Gasteiger partial charge in [0.25, 0.3) is 0 Å². The maximum absolute atomic E-state index is 12.3. The summed E-state index contributed by atoms with van der Waals surface area (Å²) in [5.74, 6) is 1.23. The molecule has 1 aliphatic heterocycles. The van der Waals surface area contributed by atoms with Crippen LogP contribution < -0.4 is 10.2 Å². The Balaban J connectivity index is 1.51. The number of morpholine rings is 1. The highest BCUT2D eigenvalue weighted by atomic mass is 32.2. The van der Waals surface area contributed by atoms with Crippen LogP contribution in [0.1, 0.15) is 25.7 Å². The number of hydrogen-bond acceptors (Lipinski definition) is 6. The molecular weight excluding hydrogens is 362 g/mol. The number of para-hydroxylation sites is 1.